The third-order valence-corrected chi connectivity index (χ3v) is 2.39. The Morgan fingerprint density at radius 3 is 2.78 bits per heavy atom. The second-order valence-electron chi connectivity index (χ2n) is 3.91. The van der Waals surface area contributed by atoms with Gasteiger partial charge in [0.25, 0.3) is 5.69 Å². The summed E-state index contributed by atoms with van der Waals surface area (Å²) in [6, 6.07) is 3.58. The Labute approximate surface area is 104 Å². The minimum absolute atomic E-state index is 0.0748. The first-order chi connectivity index (χ1) is 8.45. The zero-order valence-corrected chi connectivity index (χ0v) is 10.1. The molecule has 0 saturated carbocycles. The predicted octanol–water partition coefficient (Wildman–Crippen LogP) is 1.09. The summed E-state index contributed by atoms with van der Waals surface area (Å²) < 4.78 is 0. The van der Waals surface area contributed by atoms with Crippen LogP contribution < -0.4 is 10.6 Å². The second-order valence-corrected chi connectivity index (χ2v) is 3.91. The highest BCUT2D eigenvalue weighted by Crippen LogP contribution is 2.28. The molecule has 0 bridgehead atoms. The van der Waals surface area contributed by atoms with E-state index in [0.717, 1.165) is 6.07 Å². The number of phenols is 1. The molecule has 1 amide bonds. The van der Waals surface area contributed by atoms with E-state index < -0.39 is 4.92 Å². The molecule has 98 valence electrons. The van der Waals surface area contributed by atoms with Crippen LogP contribution in [0.25, 0.3) is 0 Å². The molecule has 0 aromatic heterocycles. The molecule has 0 fully saturated rings. The second kappa shape index (κ2) is 5.97. The molecule has 1 aromatic carbocycles. The summed E-state index contributed by atoms with van der Waals surface area (Å²) in [5, 5.41) is 25.3. The lowest BCUT2D eigenvalue weighted by Crippen LogP contribution is -2.28. The Hall–Kier alpha value is -2.15. The van der Waals surface area contributed by atoms with Crippen LogP contribution in [0, 0.1) is 16.0 Å². The van der Waals surface area contributed by atoms with E-state index in [-0.39, 0.29) is 28.9 Å². The number of aromatic hydroxyl groups is 1. The first kappa shape index (κ1) is 13.9. The number of nitro benzene ring substituents is 1. The number of benzene rings is 1. The van der Waals surface area contributed by atoms with Crippen LogP contribution >= 0.6 is 0 Å². The van der Waals surface area contributed by atoms with Crippen LogP contribution in [0.3, 0.4) is 0 Å². The molecule has 0 saturated heterocycles. The monoisotopic (exact) mass is 253 g/mol. The number of nitrogens with one attached hydrogen (secondary N) is 2. The molecule has 0 spiro atoms. The van der Waals surface area contributed by atoms with Gasteiger partial charge >= 0.3 is 0 Å². The molecule has 0 aliphatic carbocycles. The molecule has 1 atom stereocenters. The summed E-state index contributed by atoms with van der Waals surface area (Å²) in [6.45, 7) is 2.18. The number of amides is 1. The summed E-state index contributed by atoms with van der Waals surface area (Å²) >= 11 is 0. The van der Waals surface area contributed by atoms with Crippen molar-refractivity contribution in [2.24, 2.45) is 5.92 Å². The van der Waals surface area contributed by atoms with Gasteiger partial charge in [-0.2, -0.15) is 0 Å². The lowest BCUT2D eigenvalue weighted by molar-refractivity contribution is -0.384. The Kier molecular flexibility index (Phi) is 4.61. The molecule has 7 nitrogen and oxygen atoms in total. The Morgan fingerprint density at radius 1 is 1.56 bits per heavy atom. The number of phenolic OH excluding ortho intramolecular Hbond substituents is 1. The molecule has 0 heterocycles. The summed E-state index contributed by atoms with van der Waals surface area (Å²) in [7, 11) is 1.72. The molecule has 3 N–H and O–H groups in total. The molecule has 0 aliphatic rings. The lowest BCUT2D eigenvalue weighted by atomic mass is 10.1. The van der Waals surface area contributed by atoms with Gasteiger partial charge in [0.15, 0.2) is 0 Å². The van der Waals surface area contributed by atoms with Crippen molar-refractivity contribution in [2.45, 2.75) is 6.92 Å². The number of nitrogens with zero attached hydrogens (tertiary/aromatic N) is 1. The average molecular weight is 253 g/mol. The van der Waals surface area contributed by atoms with E-state index in [1.54, 1.807) is 14.0 Å². The van der Waals surface area contributed by atoms with Gasteiger partial charge < -0.3 is 15.7 Å². The molecule has 0 radical (unpaired) electrons. The maximum Gasteiger partial charge on any atom is 0.296 e. The number of carbonyl (C=O) groups is 1. The lowest BCUT2D eigenvalue weighted by Gasteiger charge is -2.11. The van der Waals surface area contributed by atoms with Crippen molar-refractivity contribution in [1.29, 1.82) is 0 Å². The Bertz CT molecular complexity index is 462. The van der Waals surface area contributed by atoms with Gasteiger partial charge in [-0.3, -0.25) is 14.9 Å². The highest BCUT2D eigenvalue weighted by atomic mass is 16.6. The normalized spacial score (nSPS) is 11.9. The van der Waals surface area contributed by atoms with E-state index >= 15 is 0 Å². The number of hydrogen-bond acceptors (Lipinski definition) is 5. The van der Waals surface area contributed by atoms with Crippen molar-refractivity contribution in [3.63, 3.8) is 0 Å². The zero-order chi connectivity index (χ0) is 13.7. The minimum Gasteiger partial charge on any atom is -0.508 e. The van der Waals surface area contributed by atoms with Gasteiger partial charge in [-0.15, -0.1) is 0 Å². The molecular formula is C11H15N3O4. The standard InChI is InChI=1S/C11H15N3O4/c1-7(6-12-2)11(16)13-9-4-3-8(15)5-10(9)14(17)18/h3-5,7,12,15H,6H2,1-2H3,(H,13,16). The molecule has 7 heteroatoms. The summed E-state index contributed by atoms with van der Waals surface area (Å²) in [6.07, 6.45) is 0. The first-order valence-corrected chi connectivity index (χ1v) is 5.38. The van der Waals surface area contributed by atoms with E-state index in [1.165, 1.54) is 12.1 Å². The van der Waals surface area contributed by atoms with Crippen LogP contribution in [0.5, 0.6) is 5.75 Å². The fourth-order valence-corrected chi connectivity index (χ4v) is 1.43. The number of rotatable bonds is 5. The van der Waals surface area contributed by atoms with Gasteiger partial charge in [0.1, 0.15) is 11.4 Å². The zero-order valence-electron chi connectivity index (χ0n) is 10.1. The van der Waals surface area contributed by atoms with E-state index in [9.17, 15) is 20.0 Å². The smallest absolute Gasteiger partial charge is 0.296 e. The molecule has 1 unspecified atom stereocenters. The SMILES string of the molecule is CNCC(C)C(=O)Nc1ccc(O)cc1[N+](=O)[O-]. The van der Waals surface area contributed by atoms with E-state index in [0.29, 0.717) is 6.54 Å². The van der Waals surface area contributed by atoms with Crippen LogP contribution in [0.15, 0.2) is 18.2 Å². The number of anilines is 1. The van der Waals surface area contributed by atoms with Gasteiger partial charge in [-0.1, -0.05) is 6.92 Å². The maximum atomic E-state index is 11.7. The molecule has 1 rings (SSSR count). The fraction of sp³-hybridized carbons (Fsp3) is 0.364. The number of carbonyl (C=O) groups excluding carboxylic acids is 1. The van der Waals surface area contributed by atoms with Crippen molar-refractivity contribution in [3.8, 4) is 5.75 Å². The molecule has 18 heavy (non-hydrogen) atoms. The molecule has 0 aliphatic heterocycles. The Balaban J connectivity index is 2.90. The van der Waals surface area contributed by atoms with Crippen molar-refractivity contribution in [1.82, 2.24) is 5.32 Å². The third kappa shape index (κ3) is 3.42. The van der Waals surface area contributed by atoms with Crippen molar-refractivity contribution >= 4 is 17.3 Å². The molecular weight excluding hydrogens is 238 g/mol. The minimum atomic E-state index is -0.655. The van der Waals surface area contributed by atoms with Crippen molar-refractivity contribution in [3.05, 3.63) is 28.3 Å². The maximum absolute atomic E-state index is 11.7. The first-order valence-electron chi connectivity index (χ1n) is 5.38. The van der Waals surface area contributed by atoms with Gasteiger partial charge in [0.2, 0.25) is 5.91 Å². The topological polar surface area (TPSA) is 104 Å². The largest absolute Gasteiger partial charge is 0.508 e. The van der Waals surface area contributed by atoms with Crippen molar-refractivity contribution in [2.75, 3.05) is 18.9 Å². The van der Waals surface area contributed by atoms with Gasteiger partial charge in [-0.25, -0.2) is 0 Å². The summed E-state index contributed by atoms with van der Waals surface area (Å²) in [5.74, 6) is -0.857. The summed E-state index contributed by atoms with van der Waals surface area (Å²) in [5.41, 5.74) is -0.259. The van der Waals surface area contributed by atoms with Gasteiger partial charge in [-0.05, 0) is 19.2 Å². The van der Waals surface area contributed by atoms with Crippen LogP contribution in [-0.2, 0) is 4.79 Å². The van der Waals surface area contributed by atoms with Crippen molar-refractivity contribution < 1.29 is 14.8 Å². The Morgan fingerprint density at radius 2 is 2.22 bits per heavy atom. The predicted molar refractivity (Wildman–Crippen MR) is 66.5 cm³/mol. The van der Waals surface area contributed by atoms with Gasteiger partial charge in [0.05, 0.1) is 11.0 Å². The van der Waals surface area contributed by atoms with E-state index in [1.807, 2.05) is 0 Å². The third-order valence-electron chi connectivity index (χ3n) is 2.39. The average Bonchev–Trinajstić information content (AvgIpc) is 2.31. The van der Waals surface area contributed by atoms with Crippen LogP contribution in [0.1, 0.15) is 6.92 Å². The van der Waals surface area contributed by atoms with E-state index in [4.69, 9.17) is 0 Å². The quantitative estimate of drug-likeness (QED) is 0.414. The van der Waals surface area contributed by atoms with Gasteiger partial charge in [0, 0.05) is 12.5 Å². The fourth-order valence-electron chi connectivity index (χ4n) is 1.43. The van der Waals surface area contributed by atoms with Crippen LogP contribution in [0.2, 0.25) is 0 Å². The highest BCUT2D eigenvalue weighted by molar-refractivity contribution is 5.94. The van der Waals surface area contributed by atoms with Crippen LogP contribution in [0.4, 0.5) is 11.4 Å². The molecule has 1 aromatic rings. The summed E-state index contributed by atoms with van der Waals surface area (Å²) in [4.78, 5) is 21.9. The highest BCUT2D eigenvalue weighted by Gasteiger charge is 2.19. The van der Waals surface area contributed by atoms with E-state index in [2.05, 4.69) is 10.6 Å². The number of nitro groups is 1. The number of hydrogen-bond donors (Lipinski definition) is 3. The van der Waals surface area contributed by atoms with Crippen LogP contribution in [-0.4, -0.2) is 29.5 Å².